The molecule has 79 heavy (non-hydrogen) atoms. The van der Waals surface area contributed by atoms with Gasteiger partial charge in [0.2, 0.25) is 0 Å². The third kappa shape index (κ3) is 65.3. The van der Waals surface area contributed by atoms with Crippen LogP contribution in [0.3, 0.4) is 0 Å². The SMILES string of the molecule is CC/C=C\C/C=C\C/C=C\C/C=C\C/C=C\CCCCCCCCCCCC(=O)OCC(COC(=O)CCCCCCC/C=C\C/C=C\CCCC)OC(=O)CCCCCCCCCCCCCCCCCCCCCCCC. The van der Waals surface area contributed by atoms with Gasteiger partial charge in [-0.15, -0.1) is 0 Å². The van der Waals surface area contributed by atoms with Crippen LogP contribution in [0, 0.1) is 0 Å². The molecule has 0 aliphatic rings. The van der Waals surface area contributed by atoms with Crippen molar-refractivity contribution >= 4 is 17.9 Å². The smallest absolute Gasteiger partial charge is 0.306 e. The fraction of sp³-hybridized carbons (Fsp3) is 0.767. The zero-order chi connectivity index (χ0) is 57.1. The number of ether oxygens (including phenoxy) is 3. The minimum atomic E-state index is -0.785. The molecule has 0 heterocycles. The van der Waals surface area contributed by atoms with Crippen LogP contribution in [0.1, 0.15) is 342 Å². The molecule has 0 aromatic heterocycles. The minimum Gasteiger partial charge on any atom is -0.462 e. The molecule has 0 aromatic rings. The summed E-state index contributed by atoms with van der Waals surface area (Å²) in [5.74, 6) is -0.883. The predicted octanol–water partition coefficient (Wildman–Crippen LogP) is 23.4. The van der Waals surface area contributed by atoms with Gasteiger partial charge in [0.15, 0.2) is 6.10 Å². The van der Waals surface area contributed by atoms with Crippen molar-refractivity contribution in [3.05, 3.63) is 85.1 Å². The number of rotatable bonds is 62. The molecule has 0 aromatic carbocycles. The Kier molecular flexibility index (Phi) is 64.2. The van der Waals surface area contributed by atoms with Gasteiger partial charge in [-0.1, -0.05) is 318 Å². The van der Waals surface area contributed by atoms with Gasteiger partial charge in [-0.3, -0.25) is 14.4 Å². The first-order chi connectivity index (χ1) is 39.0. The zero-order valence-corrected chi connectivity index (χ0v) is 52.4. The van der Waals surface area contributed by atoms with E-state index in [1.165, 1.54) is 186 Å². The average molecular weight is 1100 g/mol. The van der Waals surface area contributed by atoms with Crippen LogP contribution in [0.25, 0.3) is 0 Å². The number of carbonyl (C=O) groups is 3. The van der Waals surface area contributed by atoms with Crippen molar-refractivity contribution in [2.75, 3.05) is 13.2 Å². The van der Waals surface area contributed by atoms with Crippen LogP contribution in [0.15, 0.2) is 85.1 Å². The maximum absolute atomic E-state index is 12.9. The molecule has 6 nitrogen and oxygen atoms in total. The van der Waals surface area contributed by atoms with Gasteiger partial charge >= 0.3 is 17.9 Å². The van der Waals surface area contributed by atoms with Crippen LogP contribution in [-0.2, 0) is 28.6 Å². The molecular formula is C73H128O6. The summed E-state index contributed by atoms with van der Waals surface area (Å²) >= 11 is 0. The Morgan fingerprint density at radius 2 is 0.506 bits per heavy atom. The van der Waals surface area contributed by atoms with Crippen molar-refractivity contribution < 1.29 is 28.6 Å². The van der Waals surface area contributed by atoms with E-state index in [4.69, 9.17) is 14.2 Å². The predicted molar refractivity (Wildman–Crippen MR) is 344 cm³/mol. The van der Waals surface area contributed by atoms with Gasteiger partial charge in [-0.2, -0.15) is 0 Å². The number of esters is 3. The van der Waals surface area contributed by atoms with Gasteiger partial charge in [0.25, 0.3) is 0 Å². The van der Waals surface area contributed by atoms with Crippen molar-refractivity contribution in [2.24, 2.45) is 0 Å². The average Bonchev–Trinajstić information content (AvgIpc) is 3.45. The Labute approximate surface area is 490 Å². The molecule has 0 aliphatic carbocycles. The topological polar surface area (TPSA) is 78.9 Å². The largest absolute Gasteiger partial charge is 0.462 e. The van der Waals surface area contributed by atoms with Crippen LogP contribution < -0.4 is 0 Å². The first-order valence-corrected chi connectivity index (χ1v) is 34.1. The van der Waals surface area contributed by atoms with Gasteiger partial charge in [0.05, 0.1) is 0 Å². The van der Waals surface area contributed by atoms with E-state index in [0.717, 1.165) is 116 Å². The Balaban J connectivity index is 4.32. The fourth-order valence-corrected chi connectivity index (χ4v) is 9.78. The summed E-state index contributed by atoms with van der Waals surface area (Å²) in [5, 5.41) is 0. The quantitative estimate of drug-likeness (QED) is 0.0261. The lowest BCUT2D eigenvalue weighted by atomic mass is 10.0. The second kappa shape index (κ2) is 67.1. The number of hydrogen-bond acceptors (Lipinski definition) is 6. The Bertz CT molecular complexity index is 1500. The molecule has 0 rings (SSSR count). The number of unbranched alkanes of at least 4 members (excludes halogenated alkanes) is 37. The minimum absolute atomic E-state index is 0.0815. The molecule has 0 radical (unpaired) electrons. The van der Waals surface area contributed by atoms with Crippen molar-refractivity contribution in [3.63, 3.8) is 0 Å². The first-order valence-electron chi connectivity index (χ1n) is 34.1. The summed E-state index contributed by atoms with van der Waals surface area (Å²) in [6, 6.07) is 0. The lowest BCUT2D eigenvalue weighted by molar-refractivity contribution is -0.167. The molecule has 1 unspecified atom stereocenters. The third-order valence-electron chi connectivity index (χ3n) is 14.9. The molecule has 0 spiro atoms. The normalized spacial score (nSPS) is 12.6. The maximum atomic E-state index is 12.9. The lowest BCUT2D eigenvalue weighted by Gasteiger charge is -2.18. The van der Waals surface area contributed by atoms with E-state index in [0.29, 0.717) is 19.3 Å². The van der Waals surface area contributed by atoms with Crippen LogP contribution in [0.2, 0.25) is 0 Å². The lowest BCUT2D eigenvalue weighted by Crippen LogP contribution is -2.30. The molecule has 1 atom stereocenters. The highest BCUT2D eigenvalue weighted by atomic mass is 16.6. The van der Waals surface area contributed by atoms with E-state index >= 15 is 0 Å². The third-order valence-corrected chi connectivity index (χ3v) is 14.9. The van der Waals surface area contributed by atoms with Crippen molar-refractivity contribution in [2.45, 2.75) is 348 Å². The summed E-state index contributed by atoms with van der Waals surface area (Å²) in [4.78, 5) is 38.4. The van der Waals surface area contributed by atoms with Crippen LogP contribution in [-0.4, -0.2) is 37.2 Å². The van der Waals surface area contributed by atoms with Gasteiger partial charge < -0.3 is 14.2 Å². The van der Waals surface area contributed by atoms with Gasteiger partial charge in [-0.05, 0) is 89.9 Å². The van der Waals surface area contributed by atoms with Crippen molar-refractivity contribution in [1.82, 2.24) is 0 Å². The number of carbonyl (C=O) groups excluding carboxylic acids is 3. The summed E-state index contributed by atoms with van der Waals surface area (Å²) < 4.78 is 17.0. The molecule has 6 heteroatoms. The Morgan fingerprint density at radius 3 is 0.810 bits per heavy atom. The van der Waals surface area contributed by atoms with Crippen LogP contribution in [0.4, 0.5) is 0 Å². The molecule has 0 fully saturated rings. The van der Waals surface area contributed by atoms with E-state index < -0.39 is 6.10 Å². The van der Waals surface area contributed by atoms with Gasteiger partial charge in [0.1, 0.15) is 13.2 Å². The molecule has 0 N–H and O–H groups in total. The summed E-state index contributed by atoms with van der Waals surface area (Å²) in [6.45, 7) is 6.52. The van der Waals surface area contributed by atoms with E-state index in [-0.39, 0.29) is 31.1 Å². The van der Waals surface area contributed by atoms with Gasteiger partial charge in [-0.25, -0.2) is 0 Å². The monoisotopic (exact) mass is 1100 g/mol. The second-order valence-electron chi connectivity index (χ2n) is 22.7. The maximum Gasteiger partial charge on any atom is 0.306 e. The molecule has 0 saturated heterocycles. The summed E-state index contributed by atoms with van der Waals surface area (Å²) in [7, 11) is 0. The van der Waals surface area contributed by atoms with E-state index in [1.54, 1.807) is 0 Å². The van der Waals surface area contributed by atoms with E-state index in [2.05, 4.69) is 106 Å². The summed E-state index contributed by atoms with van der Waals surface area (Å²) in [6.07, 6.45) is 88.8. The highest BCUT2D eigenvalue weighted by Gasteiger charge is 2.19. The fourth-order valence-electron chi connectivity index (χ4n) is 9.78. The van der Waals surface area contributed by atoms with Crippen molar-refractivity contribution in [3.8, 4) is 0 Å². The Morgan fingerprint density at radius 1 is 0.266 bits per heavy atom. The number of allylic oxidation sites excluding steroid dienone is 14. The van der Waals surface area contributed by atoms with E-state index in [1.807, 2.05) is 0 Å². The zero-order valence-electron chi connectivity index (χ0n) is 52.4. The standard InChI is InChI=1S/C73H128O6/c1-4-7-10-13-16-19-22-25-28-30-32-34-36-37-38-40-41-43-45-48-51-54-57-60-63-66-72(75)78-69-70(68-77-71(74)65-62-59-56-53-50-47-27-24-21-18-15-12-9-6-3)79-73(76)67-64-61-58-55-52-49-46-44-42-39-35-33-31-29-26-23-20-17-14-11-8-5-2/h7,10,15-16,18-19,24-25,27-28,32,34,37-38,70H,4-6,8-9,11-14,17,20-23,26,29-31,33,35-36,39-69H2,1-3H3/b10-7-,18-15-,19-16-,27-24-,28-25-,34-32-,38-37-. The van der Waals surface area contributed by atoms with Crippen LogP contribution in [0.5, 0.6) is 0 Å². The molecule has 0 bridgehead atoms. The second-order valence-corrected chi connectivity index (χ2v) is 22.7. The molecular weight excluding hydrogens is 973 g/mol. The summed E-state index contributed by atoms with van der Waals surface area (Å²) in [5.41, 5.74) is 0. The Hall–Kier alpha value is -3.41. The highest BCUT2D eigenvalue weighted by Crippen LogP contribution is 2.17. The highest BCUT2D eigenvalue weighted by molar-refractivity contribution is 5.71. The number of hydrogen-bond donors (Lipinski definition) is 0. The molecule has 0 aliphatic heterocycles. The molecule has 0 saturated carbocycles. The molecule has 456 valence electrons. The van der Waals surface area contributed by atoms with Gasteiger partial charge in [0, 0.05) is 19.3 Å². The molecule has 0 amide bonds. The van der Waals surface area contributed by atoms with Crippen molar-refractivity contribution in [1.29, 1.82) is 0 Å². The van der Waals surface area contributed by atoms with Crippen LogP contribution >= 0.6 is 0 Å². The van der Waals surface area contributed by atoms with E-state index in [9.17, 15) is 14.4 Å². The first kappa shape index (κ1) is 75.6.